The van der Waals surface area contributed by atoms with Crippen LogP contribution in [0.4, 0.5) is 11.4 Å². The lowest BCUT2D eigenvalue weighted by Crippen LogP contribution is -2.38. The van der Waals surface area contributed by atoms with Crippen LogP contribution in [-0.4, -0.2) is 25.5 Å². The van der Waals surface area contributed by atoms with Gasteiger partial charge in [-0.05, 0) is 37.0 Å². The molecule has 0 aliphatic heterocycles. The molecule has 0 bridgehead atoms. The van der Waals surface area contributed by atoms with Crippen LogP contribution in [0.15, 0.2) is 18.2 Å². The second-order valence-electron chi connectivity index (χ2n) is 5.87. The molecule has 0 aliphatic carbocycles. The summed E-state index contributed by atoms with van der Waals surface area (Å²) in [6.07, 6.45) is 2.12. The lowest BCUT2D eigenvalue weighted by molar-refractivity contribution is 0.0963. The number of anilines is 2. The minimum Gasteiger partial charge on any atom is -0.397 e. The van der Waals surface area contributed by atoms with Crippen molar-refractivity contribution in [3.8, 4) is 0 Å². The third kappa shape index (κ3) is 4.38. The van der Waals surface area contributed by atoms with Crippen molar-refractivity contribution in [2.75, 3.05) is 24.2 Å². The van der Waals surface area contributed by atoms with Gasteiger partial charge in [-0.2, -0.15) is 0 Å². The van der Waals surface area contributed by atoms with Crippen molar-refractivity contribution in [2.45, 2.75) is 46.6 Å². The fourth-order valence-corrected chi connectivity index (χ4v) is 2.64. The summed E-state index contributed by atoms with van der Waals surface area (Å²) in [6.45, 7) is 9.73. The molecule has 0 aliphatic rings. The van der Waals surface area contributed by atoms with E-state index in [9.17, 15) is 4.79 Å². The number of nitrogens with zero attached hydrogens (tertiary/aromatic N) is 1. The first kappa shape index (κ1) is 17.3. The highest BCUT2D eigenvalue weighted by molar-refractivity contribution is 5.96. The van der Waals surface area contributed by atoms with Crippen molar-refractivity contribution in [3.05, 3.63) is 23.8 Å². The zero-order valence-electron chi connectivity index (χ0n) is 13.9. The maximum atomic E-state index is 11.9. The Labute approximate surface area is 128 Å². The smallest absolute Gasteiger partial charge is 0.251 e. The van der Waals surface area contributed by atoms with E-state index in [-0.39, 0.29) is 5.91 Å². The van der Waals surface area contributed by atoms with Gasteiger partial charge in [0, 0.05) is 25.2 Å². The first-order valence-corrected chi connectivity index (χ1v) is 7.82. The summed E-state index contributed by atoms with van der Waals surface area (Å²) in [5.74, 6) is 0.457. The third-order valence-electron chi connectivity index (χ3n) is 3.77. The van der Waals surface area contributed by atoms with Crippen molar-refractivity contribution in [1.29, 1.82) is 0 Å². The monoisotopic (exact) mass is 291 g/mol. The standard InChI is InChI=1S/C17H29N3O/c1-6-14(7-2)20(11-12(3)4)16-10-13(17(21)19-5)8-9-15(16)18/h8-10,12,14H,6-7,11,18H2,1-5H3,(H,19,21). The van der Waals surface area contributed by atoms with Gasteiger partial charge in [0.05, 0.1) is 11.4 Å². The maximum absolute atomic E-state index is 11.9. The molecule has 0 radical (unpaired) electrons. The number of nitrogens with one attached hydrogen (secondary N) is 1. The van der Waals surface area contributed by atoms with E-state index in [1.807, 2.05) is 12.1 Å². The van der Waals surface area contributed by atoms with Crippen molar-refractivity contribution in [2.24, 2.45) is 5.92 Å². The Morgan fingerprint density at radius 1 is 1.29 bits per heavy atom. The van der Waals surface area contributed by atoms with Gasteiger partial charge < -0.3 is 16.0 Å². The van der Waals surface area contributed by atoms with Crippen molar-refractivity contribution in [1.82, 2.24) is 5.32 Å². The van der Waals surface area contributed by atoms with E-state index in [1.54, 1.807) is 13.1 Å². The number of nitrogens with two attached hydrogens (primary N) is 1. The Morgan fingerprint density at radius 3 is 2.38 bits per heavy atom. The largest absolute Gasteiger partial charge is 0.397 e. The highest BCUT2D eigenvalue weighted by Gasteiger charge is 2.20. The van der Waals surface area contributed by atoms with Gasteiger partial charge in [-0.15, -0.1) is 0 Å². The summed E-state index contributed by atoms with van der Waals surface area (Å²) in [6, 6.07) is 5.96. The fraction of sp³-hybridized carbons (Fsp3) is 0.588. The summed E-state index contributed by atoms with van der Waals surface area (Å²) in [4.78, 5) is 14.2. The van der Waals surface area contributed by atoms with Crippen LogP contribution in [0.2, 0.25) is 0 Å². The molecule has 0 heterocycles. The Bertz CT molecular complexity index is 467. The number of carbonyl (C=O) groups excluding carboxylic acids is 1. The first-order chi connectivity index (χ1) is 9.94. The molecule has 0 fully saturated rings. The molecule has 0 unspecified atom stereocenters. The lowest BCUT2D eigenvalue weighted by Gasteiger charge is -2.35. The highest BCUT2D eigenvalue weighted by atomic mass is 16.1. The quantitative estimate of drug-likeness (QED) is 0.758. The number of carbonyl (C=O) groups is 1. The summed E-state index contributed by atoms with van der Waals surface area (Å²) in [5, 5.41) is 2.67. The summed E-state index contributed by atoms with van der Waals surface area (Å²) in [5.41, 5.74) is 8.54. The Hall–Kier alpha value is -1.71. The minimum absolute atomic E-state index is 0.0784. The van der Waals surface area contributed by atoms with E-state index >= 15 is 0 Å². The van der Waals surface area contributed by atoms with E-state index in [0.29, 0.717) is 17.5 Å². The van der Waals surface area contributed by atoms with E-state index in [0.717, 1.165) is 30.8 Å². The van der Waals surface area contributed by atoms with Gasteiger partial charge in [0.25, 0.3) is 5.91 Å². The van der Waals surface area contributed by atoms with Crippen LogP contribution in [0.3, 0.4) is 0 Å². The van der Waals surface area contributed by atoms with E-state index in [1.165, 1.54) is 0 Å². The molecule has 118 valence electrons. The second kappa shape index (κ2) is 7.91. The lowest BCUT2D eigenvalue weighted by atomic mass is 10.0. The van der Waals surface area contributed by atoms with Gasteiger partial charge in [-0.1, -0.05) is 27.7 Å². The van der Waals surface area contributed by atoms with Crippen LogP contribution in [0.5, 0.6) is 0 Å². The molecule has 1 amide bonds. The van der Waals surface area contributed by atoms with Crippen LogP contribution in [0.1, 0.15) is 50.9 Å². The number of amides is 1. The molecule has 0 saturated carbocycles. The molecule has 1 aromatic rings. The predicted octanol–water partition coefficient (Wildman–Crippen LogP) is 3.28. The summed E-state index contributed by atoms with van der Waals surface area (Å²) < 4.78 is 0. The zero-order chi connectivity index (χ0) is 16.0. The highest BCUT2D eigenvalue weighted by Crippen LogP contribution is 2.29. The van der Waals surface area contributed by atoms with E-state index in [2.05, 4.69) is 37.9 Å². The van der Waals surface area contributed by atoms with Crippen LogP contribution in [0, 0.1) is 5.92 Å². The van der Waals surface area contributed by atoms with Gasteiger partial charge in [0.15, 0.2) is 0 Å². The topological polar surface area (TPSA) is 58.4 Å². The molecule has 1 rings (SSSR count). The molecule has 0 saturated heterocycles. The molecule has 4 heteroatoms. The van der Waals surface area contributed by atoms with Gasteiger partial charge >= 0.3 is 0 Å². The van der Waals surface area contributed by atoms with Crippen LogP contribution < -0.4 is 16.0 Å². The number of rotatable bonds is 7. The van der Waals surface area contributed by atoms with E-state index in [4.69, 9.17) is 5.73 Å². The van der Waals surface area contributed by atoms with E-state index < -0.39 is 0 Å². The number of hydrogen-bond acceptors (Lipinski definition) is 3. The minimum atomic E-state index is -0.0784. The SMILES string of the molecule is CCC(CC)N(CC(C)C)c1cc(C(=O)NC)ccc1N. The van der Waals surface area contributed by atoms with Crippen molar-refractivity contribution >= 4 is 17.3 Å². The van der Waals surface area contributed by atoms with Gasteiger partial charge in [-0.25, -0.2) is 0 Å². The normalized spacial score (nSPS) is 11.0. The number of benzene rings is 1. The number of nitrogen functional groups attached to an aromatic ring is 1. The molecule has 0 aromatic heterocycles. The zero-order valence-corrected chi connectivity index (χ0v) is 13.9. The average Bonchev–Trinajstić information content (AvgIpc) is 2.46. The van der Waals surface area contributed by atoms with Crippen molar-refractivity contribution in [3.63, 3.8) is 0 Å². The fourth-order valence-electron chi connectivity index (χ4n) is 2.64. The molecule has 0 spiro atoms. The molecule has 4 nitrogen and oxygen atoms in total. The molecular weight excluding hydrogens is 262 g/mol. The maximum Gasteiger partial charge on any atom is 0.251 e. The summed E-state index contributed by atoms with van der Waals surface area (Å²) >= 11 is 0. The molecule has 3 N–H and O–H groups in total. The van der Waals surface area contributed by atoms with Crippen LogP contribution in [0.25, 0.3) is 0 Å². The Morgan fingerprint density at radius 2 is 1.90 bits per heavy atom. The van der Waals surface area contributed by atoms with Crippen LogP contribution in [-0.2, 0) is 0 Å². The van der Waals surface area contributed by atoms with Gasteiger partial charge in [0.1, 0.15) is 0 Å². The predicted molar refractivity (Wildman–Crippen MR) is 90.8 cm³/mol. The summed E-state index contributed by atoms with van der Waals surface area (Å²) in [7, 11) is 1.64. The second-order valence-corrected chi connectivity index (χ2v) is 5.87. The van der Waals surface area contributed by atoms with Gasteiger partial charge in [-0.3, -0.25) is 4.79 Å². The molecule has 21 heavy (non-hydrogen) atoms. The third-order valence-corrected chi connectivity index (χ3v) is 3.77. The average molecular weight is 291 g/mol. The number of hydrogen-bond donors (Lipinski definition) is 2. The Balaban J connectivity index is 3.24. The van der Waals surface area contributed by atoms with Crippen molar-refractivity contribution < 1.29 is 4.79 Å². The first-order valence-electron chi connectivity index (χ1n) is 7.82. The molecular formula is C17H29N3O. The van der Waals surface area contributed by atoms with Gasteiger partial charge in [0.2, 0.25) is 0 Å². The Kier molecular flexibility index (Phi) is 6.53. The van der Waals surface area contributed by atoms with Crippen LogP contribution >= 0.6 is 0 Å². The molecule has 0 atom stereocenters. The molecule has 1 aromatic carbocycles.